The van der Waals surface area contributed by atoms with Gasteiger partial charge in [-0.15, -0.1) is 0 Å². The molecule has 0 unspecified atom stereocenters. The summed E-state index contributed by atoms with van der Waals surface area (Å²) in [6.07, 6.45) is 3.92. The fourth-order valence-corrected chi connectivity index (χ4v) is 1.92. The van der Waals surface area contributed by atoms with Crippen LogP contribution in [0.4, 0.5) is 0 Å². The molecule has 0 radical (unpaired) electrons. The van der Waals surface area contributed by atoms with Gasteiger partial charge in [-0.25, -0.2) is 0 Å². The lowest BCUT2D eigenvalue weighted by Gasteiger charge is -1.96. The molecule has 0 atom stereocenters. The number of hydrogen-bond acceptors (Lipinski definition) is 4. The van der Waals surface area contributed by atoms with Crippen LogP contribution in [0.3, 0.4) is 0 Å². The normalized spacial score (nSPS) is 10.3. The molecule has 2 rings (SSSR count). The number of aromatic hydroxyl groups is 1. The average molecular weight is 208 g/mol. The van der Waals surface area contributed by atoms with Crippen LogP contribution in [0, 0.1) is 0 Å². The molecule has 0 bridgehead atoms. The van der Waals surface area contributed by atoms with E-state index < -0.39 is 0 Å². The summed E-state index contributed by atoms with van der Waals surface area (Å²) < 4.78 is 0. The van der Waals surface area contributed by atoms with Crippen LogP contribution in [-0.2, 0) is 6.42 Å². The largest absolute Gasteiger partial charge is 0.494 e. The van der Waals surface area contributed by atoms with Gasteiger partial charge in [-0.1, -0.05) is 11.3 Å². The number of H-pyrrole nitrogens is 1. The second-order valence-electron chi connectivity index (χ2n) is 2.82. The fraction of sp³-hybridized carbons (Fsp3) is 0.111. The molecule has 0 saturated carbocycles. The van der Waals surface area contributed by atoms with Gasteiger partial charge in [0.15, 0.2) is 0 Å². The van der Waals surface area contributed by atoms with Crippen molar-refractivity contribution in [3.8, 4) is 5.88 Å². The molecule has 2 heterocycles. The zero-order valence-electron chi connectivity index (χ0n) is 7.23. The molecular weight excluding hydrogens is 200 g/mol. The van der Waals surface area contributed by atoms with E-state index in [9.17, 15) is 9.90 Å². The third-order valence-corrected chi connectivity index (χ3v) is 2.69. The number of nitrogens with one attached hydrogen (secondary N) is 1. The molecule has 2 aromatic rings. The van der Waals surface area contributed by atoms with Gasteiger partial charge in [-0.3, -0.25) is 14.8 Å². The lowest BCUT2D eigenvalue weighted by atomic mass is 10.2. The Morgan fingerprint density at radius 1 is 1.43 bits per heavy atom. The van der Waals surface area contributed by atoms with Crippen molar-refractivity contribution in [2.75, 3.05) is 0 Å². The average Bonchev–Trinajstić information content (AvgIpc) is 2.47. The lowest BCUT2D eigenvalue weighted by Crippen LogP contribution is -1.89. The summed E-state index contributed by atoms with van der Waals surface area (Å²) in [5.74, 6) is -0.0307. The molecule has 5 heteroatoms. The van der Waals surface area contributed by atoms with E-state index in [2.05, 4.69) is 9.97 Å². The van der Waals surface area contributed by atoms with Crippen LogP contribution in [-0.4, -0.2) is 15.1 Å². The molecule has 2 aromatic heterocycles. The Kier molecular flexibility index (Phi) is 2.32. The third kappa shape index (κ3) is 1.82. The molecular formula is C9H8N2O2S. The summed E-state index contributed by atoms with van der Waals surface area (Å²) >= 11 is 1.03. The molecule has 0 spiro atoms. The standard InChI is InChI=1S/C9H8N2O2S/c12-8-7(14-9(13)11-8)5-6-1-3-10-4-2-6/h1-4,12H,5H2,(H,11,13). The van der Waals surface area contributed by atoms with E-state index in [1.54, 1.807) is 12.4 Å². The Morgan fingerprint density at radius 2 is 2.14 bits per heavy atom. The molecule has 0 aliphatic rings. The van der Waals surface area contributed by atoms with Crippen molar-refractivity contribution in [2.45, 2.75) is 6.42 Å². The summed E-state index contributed by atoms with van der Waals surface area (Å²) in [4.78, 5) is 17.5. The molecule has 0 aliphatic carbocycles. The van der Waals surface area contributed by atoms with Crippen LogP contribution in [0.1, 0.15) is 10.4 Å². The first kappa shape index (κ1) is 8.96. The number of rotatable bonds is 2. The van der Waals surface area contributed by atoms with Gasteiger partial charge in [0, 0.05) is 18.8 Å². The number of aromatic nitrogens is 2. The van der Waals surface area contributed by atoms with Crippen LogP contribution in [0.5, 0.6) is 5.88 Å². The predicted octanol–water partition coefficient (Wildman–Crippen LogP) is 1.13. The SMILES string of the molecule is O=c1[nH]c(O)c(Cc2ccncc2)s1. The van der Waals surface area contributed by atoms with E-state index in [0.29, 0.717) is 11.3 Å². The van der Waals surface area contributed by atoms with E-state index >= 15 is 0 Å². The van der Waals surface area contributed by atoms with Gasteiger partial charge in [0.05, 0.1) is 4.88 Å². The Balaban J connectivity index is 2.27. The molecule has 72 valence electrons. The monoisotopic (exact) mass is 208 g/mol. The van der Waals surface area contributed by atoms with E-state index in [1.807, 2.05) is 12.1 Å². The highest BCUT2D eigenvalue weighted by Crippen LogP contribution is 2.19. The van der Waals surface area contributed by atoms with Gasteiger partial charge < -0.3 is 5.11 Å². The highest BCUT2D eigenvalue weighted by atomic mass is 32.1. The number of hydrogen-bond donors (Lipinski definition) is 2. The topological polar surface area (TPSA) is 66.0 Å². The summed E-state index contributed by atoms with van der Waals surface area (Å²) in [5, 5.41) is 9.33. The van der Waals surface area contributed by atoms with E-state index in [4.69, 9.17) is 0 Å². The van der Waals surface area contributed by atoms with Gasteiger partial charge in [-0.2, -0.15) is 0 Å². The first-order valence-corrected chi connectivity index (χ1v) is 4.87. The van der Waals surface area contributed by atoms with Crippen molar-refractivity contribution in [3.63, 3.8) is 0 Å². The quantitative estimate of drug-likeness (QED) is 0.777. The fourth-order valence-electron chi connectivity index (χ4n) is 1.16. The van der Waals surface area contributed by atoms with Crippen molar-refractivity contribution < 1.29 is 5.11 Å². The molecule has 4 nitrogen and oxygen atoms in total. The Labute approximate surface area is 83.9 Å². The molecule has 0 amide bonds. The summed E-state index contributed by atoms with van der Waals surface area (Å²) in [7, 11) is 0. The first-order chi connectivity index (χ1) is 6.75. The molecule has 0 fully saturated rings. The molecule has 2 N–H and O–H groups in total. The smallest absolute Gasteiger partial charge is 0.307 e. The zero-order valence-corrected chi connectivity index (χ0v) is 8.04. The van der Waals surface area contributed by atoms with Gasteiger partial charge in [0.2, 0.25) is 5.88 Å². The second kappa shape index (κ2) is 3.63. The van der Waals surface area contributed by atoms with Gasteiger partial charge >= 0.3 is 4.87 Å². The zero-order chi connectivity index (χ0) is 9.97. The third-order valence-electron chi connectivity index (χ3n) is 1.81. The molecule has 0 aliphatic heterocycles. The van der Waals surface area contributed by atoms with Gasteiger partial charge in [-0.05, 0) is 17.7 Å². The second-order valence-corrected chi connectivity index (χ2v) is 3.89. The maximum Gasteiger partial charge on any atom is 0.307 e. The molecule has 0 aromatic carbocycles. The number of thiazole rings is 1. The van der Waals surface area contributed by atoms with Crippen molar-refractivity contribution in [2.24, 2.45) is 0 Å². The van der Waals surface area contributed by atoms with Gasteiger partial charge in [0.25, 0.3) is 0 Å². The van der Waals surface area contributed by atoms with Crippen LogP contribution < -0.4 is 4.87 Å². The number of pyridine rings is 1. The minimum atomic E-state index is -0.230. The Hall–Kier alpha value is -1.62. The minimum absolute atomic E-state index is 0.0307. The Morgan fingerprint density at radius 3 is 2.71 bits per heavy atom. The molecule has 14 heavy (non-hydrogen) atoms. The summed E-state index contributed by atoms with van der Waals surface area (Å²) in [6.45, 7) is 0. The highest BCUT2D eigenvalue weighted by molar-refractivity contribution is 7.09. The minimum Gasteiger partial charge on any atom is -0.494 e. The maximum absolute atomic E-state index is 10.9. The van der Waals surface area contributed by atoms with Crippen molar-refractivity contribution >= 4 is 11.3 Å². The van der Waals surface area contributed by atoms with E-state index in [1.165, 1.54) is 0 Å². The number of aromatic amines is 1. The highest BCUT2D eigenvalue weighted by Gasteiger charge is 2.06. The lowest BCUT2D eigenvalue weighted by molar-refractivity contribution is 0.451. The maximum atomic E-state index is 10.9. The first-order valence-electron chi connectivity index (χ1n) is 4.05. The summed E-state index contributed by atoms with van der Waals surface area (Å²) in [5.41, 5.74) is 1.02. The van der Waals surface area contributed by atoms with E-state index in [-0.39, 0.29) is 10.8 Å². The van der Waals surface area contributed by atoms with Crippen LogP contribution in [0.2, 0.25) is 0 Å². The van der Waals surface area contributed by atoms with Crippen LogP contribution in [0.25, 0.3) is 0 Å². The van der Waals surface area contributed by atoms with E-state index in [0.717, 1.165) is 16.9 Å². The van der Waals surface area contributed by atoms with Crippen LogP contribution in [0.15, 0.2) is 29.3 Å². The molecule has 0 saturated heterocycles. The summed E-state index contributed by atoms with van der Waals surface area (Å²) in [6, 6.07) is 3.70. The predicted molar refractivity (Wildman–Crippen MR) is 53.6 cm³/mol. The van der Waals surface area contributed by atoms with Crippen molar-refractivity contribution in [3.05, 3.63) is 44.6 Å². The van der Waals surface area contributed by atoms with Gasteiger partial charge in [0.1, 0.15) is 0 Å². The van der Waals surface area contributed by atoms with Crippen molar-refractivity contribution in [1.82, 2.24) is 9.97 Å². The Bertz CT molecular complexity index is 475. The van der Waals surface area contributed by atoms with Crippen molar-refractivity contribution in [1.29, 1.82) is 0 Å². The van der Waals surface area contributed by atoms with Crippen LogP contribution >= 0.6 is 11.3 Å². The number of nitrogens with zero attached hydrogens (tertiary/aromatic N) is 1.